The topological polar surface area (TPSA) is 27.7 Å². The Balaban J connectivity index is 4.34. The van der Waals surface area contributed by atoms with Gasteiger partial charge in [-0.3, -0.25) is 0 Å². The van der Waals surface area contributed by atoms with E-state index in [-0.39, 0.29) is 0 Å². The molecule has 0 aliphatic rings. The Morgan fingerprint density at radius 3 is 1.40 bits per heavy atom. The lowest BCUT2D eigenvalue weighted by molar-refractivity contribution is 0.0925. The van der Waals surface area contributed by atoms with E-state index in [1.54, 1.807) is 18.2 Å². The van der Waals surface area contributed by atoms with Crippen molar-refractivity contribution >= 4 is 21.4 Å². The predicted octanol–water partition coefficient (Wildman–Crippen LogP) is 2.00. The highest BCUT2D eigenvalue weighted by atomic mass is 32.1. The van der Waals surface area contributed by atoms with Crippen LogP contribution in [-0.2, 0) is 13.3 Å². The minimum Gasteiger partial charge on any atom is -0.369 e. The van der Waals surface area contributed by atoms with Gasteiger partial charge in [0.2, 0.25) is 0 Å². The van der Waals surface area contributed by atoms with Crippen LogP contribution in [0.25, 0.3) is 0 Å². The molecule has 0 aromatic rings. The molecule has 0 aliphatic carbocycles. The van der Waals surface area contributed by atoms with Crippen LogP contribution in [-0.4, -0.2) is 34.0 Å². The molecule has 0 aliphatic heterocycles. The third-order valence-corrected chi connectivity index (χ3v) is 4.83. The molecule has 0 saturated carbocycles. The van der Waals surface area contributed by atoms with E-state index in [1.165, 1.54) is 0 Å². The van der Waals surface area contributed by atoms with E-state index in [4.69, 9.17) is 13.3 Å². The smallest absolute Gasteiger partial charge is 0.369 e. The Kier molecular flexibility index (Phi) is 8.74. The quantitative estimate of drug-likeness (QED) is 0.363. The van der Waals surface area contributed by atoms with Crippen molar-refractivity contribution in [2.45, 2.75) is 0 Å². The first kappa shape index (κ1) is 14.7. The maximum atomic E-state index is 5.54. The first-order valence-electron chi connectivity index (χ1n) is 4.60. The van der Waals surface area contributed by atoms with Gasteiger partial charge in [-0.2, -0.15) is 12.6 Å². The number of thiol groups is 1. The van der Waals surface area contributed by atoms with Crippen molar-refractivity contribution in [1.82, 2.24) is 0 Å². The molecule has 0 heterocycles. The van der Waals surface area contributed by atoms with Gasteiger partial charge in [0.25, 0.3) is 0 Å². The third kappa shape index (κ3) is 5.96. The molecule has 86 valence electrons. The second-order valence-corrected chi connectivity index (χ2v) is 6.14. The highest BCUT2D eigenvalue weighted by Crippen LogP contribution is 2.12. The van der Waals surface area contributed by atoms with Crippen LogP contribution in [0.1, 0.15) is 0 Å². The fourth-order valence-corrected chi connectivity index (χ4v) is 3.28. The van der Waals surface area contributed by atoms with Crippen LogP contribution < -0.4 is 0 Å². The molecule has 0 bridgehead atoms. The fourth-order valence-electron chi connectivity index (χ4n) is 0.820. The van der Waals surface area contributed by atoms with Crippen LogP contribution in [0, 0.1) is 0 Å². The lowest BCUT2D eigenvalue weighted by Gasteiger charge is -2.26. The SMILES string of the molecule is C=CCO[Si](CS)(OCC=C)OCC=C. The molecule has 0 atom stereocenters. The van der Waals surface area contributed by atoms with E-state index in [1.807, 2.05) is 0 Å². The average Bonchev–Trinajstić information content (AvgIpc) is 2.29. The van der Waals surface area contributed by atoms with E-state index in [2.05, 4.69) is 32.4 Å². The molecule has 0 amide bonds. The van der Waals surface area contributed by atoms with Gasteiger partial charge in [-0.15, -0.1) is 19.7 Å². The first-order valence-corrected chi connectivity index (χ1v) is 7.16. The van der Waals surface area contributed by atoms with Gasteiger partial charge < -0.3 is 13.3 Å². The van der Waals surface area contributed by atoms with Crippen LogP contribution in [0.2, 0.25) is 0 Å². The molecule has 0 rings (SSSR count). The van der Waals surface area contributed by atoms with Crippen LogP contribution in [0.5, 0.6) is 0 Å². The summed E-state index contributed by atoms with van der Waals surface area (Å²) in [6.45, 7) is 11.9. The van der Waals surface area contributed by atoms with Gasteiger partial charge in [-0.1, -0.05) is 18.2 Å². The van der Waals surface area contributed by atoms with Crippen molar-refractivity contribution in [3.63, 3.8) is 0 Å². The van der Waals surface area contributed by atoms with E-state index < -0.39 is 8.80 Å². The Morgan fingerprint density at radius 2 is 1.20 bits per heavy atom. The third-order valence-electron chi connectivity index (χ3n) is 1.46. The number of rotatable bonds is 10. The van der Waals surface area contributed by atoms with Crippen LogP contribution in [0.4, 0.5) is 0 Å². The van der Waals surface area contributed by atoms with Crippen molar-refractivity contribution in [3.8, 4) is 0 Å². The summed E-state index contributed by atoms with van der Waals surface area (Å²) in [5.41, 5.74) is 0. The summed E-state index contributed by atoms with van der Waals surface area (Å²) in [7, 11) is -2.68. The average molecular weight is 246 g/mol. The lowest BCUT2D eigenvalue weighted by Crippen LogP contribution is -2.48. The molecule has 3 nitrogen and oxygen atoms in total. The van der Waals surface area contributed by atoms with Gasteiger partial charge in [0.1, 0.15) is 0 Å². The number of hydrogen-bond donors (Lipinski definition) is 1. The maximum Gasteiger partial charge on any atom is 0.511 e. The second kappa shape index (κ2) is 8.93. The molecule has 0 spiro atoms. The molecule has 15 heavy (non-hydrogen) atoms. The van der Waals surface area contributed by atoms with Gasteiger partial charge >= 0.3 is 8.80 Å². The Labute approximate surface area is 98.2 Å². The minimum atomic E-state index is -2.68. The van der Waals surface area contributed by atoms with Gasteiger partial charge in [0.05, 0.1) is 25.2 Å². The number of hydrogen-bond acceptors (Lipinski definition) is 4. The maximum absolute atomic E-state index is 5.54. The van der Waals surface area contributed by atoms with Gasteiger partial charge in [0, 0.05) is 0 Å². The predicted molar refractivity (Wildman–Crippen MR) is 68.1 cm³/mol. The minimum absolute atomic E-state index is 0.390. The van der Waals surface area contributed by atoms with Crippen molar-refractivity contribution < 1.29 is 13.3 Å². The molecule has 0 saturated heterocycles. The molecular formula is C10H18O3SSi. The van der Waals surface area contributed by atoms with Crippen molar-refractivity contribution in [1.29, 1.82) is 0 Å². The van der Waals surface area contributed by atoms with Gasteiger partial charge in [0.15, 0.2) is 0 Å². The standard InChI is InChI=1S/C10H18O3SSi/c1-4-7-11-15(10-14,12-8-5-2)13-9-6-3/h4-6,14H,1-3,7-10H2. The van der Waals surface area contributed by atoms with E-state index in [0.29, 0.717) is 25.2 Å². The molecule has 0 aromatic heterocycles. The fraction of sp³-hybridized carbons (Fsp3) is 0.400. The second-order valence-electron chi connectivity index (χ2n) is 2.64. The Morgan fingerprint density at radius 1 is 0.867 bits per heavy atom. The summed E-state index contributed by atoms with van der Waals surface area (Å²) in [6, 6.07) is 0. The summed E-state index contributed by atoms with van der Waals surface area (Å²) in [6.07, 6.45) is 4.96. The highest BCUT2D eigenvalue weighted by Gasteiger charge is 2.39. The van der Waals surface area contributed by atoms with Crippen molar-refractivity contribution in [3.05, 3.63) is 38.0 Å². The summed E-state index contributed by atoms with van der Waals surface area (Å²) < 4.78 is 16.6. The molecule has 0 fully saturated rings. The van der Waals surface area contributed by atoms with Gasteiger partial charge in [-0.25, -0.2) is 0 Å². The lowest BCUT2D eigenvalue weighted by atomic mass is 10.7. The summed E-state index contributed by atoms with van der Waals surface area (Å²) in [4.78, 5) is 0. The highest BCUT2D eigenvalue weighted by molar-refractivity contribution is 7.82. The zero-order chi connectivity index (χ0) is 11.6. The molecular weight excluding hydrogens is 228 g/mol. The normalized spacial score (nSPS) is 11.0. The summed E-state index contributed by atoms with van der Waals surface area (Å²) in [5.74, 6) is 0. The molecule has 0 radical (unpaired) electrons. The Hall–Kier alpha value is -0.333. The summed E-state index contributed by atoms with van der Waals surface area (Å²) in [5, 5.41) is 0.419. The summed E-state index contributed by atoms with van der Waals surface area (Å²) >= 11 is 4.20. The largest absolute Gasteiger partial charge is 0.511 e. The van der Waals surface area contributed by atoms with Crippen molar-refractivity contribution in [2.75, 3.05) is 25.2 Å². The van der Waals surface area contributed by atoms with Crippen LogP contribution in [0.15, 0.2) is 38.0 Å². The van der Waals surface area contributed by atoms with E-state index >= 15 is 0 Å². The molecule has 5 heteroatoms. The Bertz CT molecular complexity index is 178. The molecule has 0 aromatic carbocycles. The first-order chi connectivity index (χ1) is 7.24. The monoisotopic (exact) mass is 246 g/mol. The van der Waals surface area contributed by atoms with Crippen LogP contribution in [0.3, 0.4) is 0 Å². The van der Waals surface area contributed by atoms with Gasteiger partial charge in [-0.05, 0) is 0 Å². The zero-order valence-electron chi connectivity index (χ0n) is 8.85. The van der Waals surface area contributed by atoms with E-state index in [0.717, 1.165) is 0 Å². The van der Waals surface area contributed by atoms with E-state index in [9.17, 15) is 0 Å². The van der Waals surface area contributed by atoms with Crippen molar-refractivity contribution in [2.24, 2.45) is 0 Å². The zero-order valence-corrected chi connectivity index (χ0v) is 10.7. The molecule has 0 N–H and O–H groups in total. The van der Waals surface area contributed by atoms with Crippen LogP contribution >= 0.6 is 12.6 Å². The molecule has 0 unspecified atom stereocenters.